The summed E-state index contributed by atoms with van der Waals surface area (Å²) in [6, 6.07) is 7.37. The largest absolute Gasteiger partial charge is 0.416 e. The van der Waals surface area contributed by atoms with E-state index in [9.17, 15) is 13.2 Å². The van der Waals surface area contributed by atoms with Crippen molar-refractivity contribution >= 4 is 0 Å². The zero-order valence-corrected chi connectivity index (χ0v) is 12.0. The van der Waals surface area contributed by atoms with Crippen LogP contribution < -0.4 is 5.32 Å². The lowest BCUT2D eigenvalue weighted by Gasteiger charge is -2.16. The quantitative estimate of drug-likeness (QED) is 0.910. The van der Waals surface area contributed by atoms with Crippen molar-refractivity contribution in [1.82, 2.24) is 15.1 Å². The van der Waals surface area contributed by atoms with Crippen LogP contribution >= 0.6 is 0 Å². The molecule has 0 aliphatic rings. The minimum Gasteiger partial charge on any atom is -0.305 e. The Morgan fingerprint density at radius 2 is 1.95 bits per heavy atom. The Bertz CT molecular complexity index is 590. The summed E-state index contributed by atoms with van der Waals surface area (Å²) in [6.07, 6.45) is -2.47. The van der Waals surface area contributed by atoms with Crippen LogP contribution in [-0.4, -0.2) is 9.78 Å². The molecule has 0 spiro atoms. The molecular formula is C15H18F3N3. The van der Waals surface area contributed by atoms with Crippen LogP contribution in [0, 0.1) is 0 Å². The molecule has 1 aromatic heterocycles. The second-order valence-electron chi connectivity index (χ2n) is 4.85. The van der Waals surface area contributed by atoms with Crippen molar-refractivity contribution in [2.24, 2.45) is 0 Å². The van der Waals surface area contributed by atoms with Crippen molar-refractivity contribution in [1.29, 1.82) is 0 Å². The van der Waals surface area contributed by atoms with Crippen molar-refractivity contribution in [3.8, 4) is 0 Å². The highest BCUT2D eigenvalue weighted by Gasteiger charge is 2.32. The highest BCUT2D eigenvalue weighted by Crippen LogP contribution is 2.31. The first-order valence-corrected chi connectivity index (χ1v) is 6.83. The van der Waals surface area contributed by atoms with Gasteiger partial charge in [0.05, 0.1) is 11.3 Å². The summed E-state index contributed by atoms with van der Waals surface area (Å²) in [7, 11) is 0. The first-order chi connectivity index (χ1) is 9.91. The summed E-state index contributed by atoms with van der Waals surface area (Å²) >= 11 is 0. The number of halogens is 3. The Morgan fingerprint density at radius 1 is 1.24 bits per heavy atom. The fraction of sp³-hybridized carbons (Fsp3) is 0.400. The van der Waals surface area contributed by atoms with E-state index in [1.165, 1.54) is 12.1 Å². The second-order valence-corrected chi connectivity index (χ2v) is 4.85. The molecule has 0 radical (unpaired) electrons. The van der Waals surface area contributed by atoms with E-state index >= 15 is 0 Å². The third-order valence-electron chi connectivity index (χ3n) is 3.35. The molecule has 0 saturated carbocycles. The lowest BCUT2D eigenvalue weighted by molar-refractivity contribution is -0.138. The van der Waals surface area contributed by atoms with Crippen LogP contribution in [0.25, 0.3) is 0 Å². The van der Waals surface area contributed by atoms with E-state index in [4.69, 9.17) is 0 Å². The maximum absolute atomic E-state index is 12.9. The molecule has 3 nitrogen and oxygen atoms in total. The number of aromatic nitrogens is 2. The van der Waals surface area contributed by atoms with Gasteiger partial charge in [0.15, 0.2) is 0 Å². The fourth-order valence-corrected chi connectivity index (χ4v) is 2.10. The predicted octanol–water partition coefficient (Wildman–Crippen LogP) is 3.77. The summed E-state index contributed by atoms with van der Waals surface area (Å²) < 4.78 is 40.5. The number of nitrogens with one attached hydrogen (secondary N) is 1. The SMILES string of the molecule is CCn1ccc(C(C)NCc2ccccc2C(F)(F)F)n1. The Balaban J connectivity index is 2.06. The zero-order valence-electron chi connectivity index (χ0n) is 12.0. The third kappa shape index (κ3) is 3.85. The average Bonchev–Trinajstić information content (AvgIpc) is 2.93. The minimum atomic E-state index is -4.33. The molecule has 1 atom stereocenters. The van der Waals surface area contributed by atoms with E-state index in [-0.39, 0.29) is 18.2 Å². The molecule has 2 rings (SSSR count). The third-order valence-corrected chi connectivity index (χ3v) is 3.35. The number of benzene rings is 1. The molecule has 2 aromatic rings. The topological polar surface area (TPSA) is 29.9 Å². The molecule has 114 valence electrons. The Hall–Kier alpha value is -1.82. The normalized spacial score (nSPS) is 13.4. The van der Waals surface area contributed by atoms with E-state index in [1.807, 2.05) is 26.1 Å². The minimum absolute atomic E-state index is 0.112. The van der Waals surface area contributed by atoms with Gasteiger partial charge >= 0.3 is 6.18 Å². The van der Waals surface area contributed by atoms with Crippen LogP contribution in [-0.2, 0) is 19.3 Å². The van der Waals surface area contributed by atoms with Gasteiger partial charge in [-0.1, -0.05) is 18.2 Å². The van der Waals surface area contributed by atoms with Gasteiger partial charge in [0.2, 0.25) is 0 Å². The smallest absolute Gasteiger partial charge is 0.305 e. The molecule has 0 aliphatic heterocycles. The molecule has 0 saturated heterocycles. The molecule has 0 aliphatic carbocycles. The van der Waals surface area contributed by atoms with Crippen LogP contribution in [0.3, 0.4) is 0 Å². The van der Waals surface area contributed by atoms with Gasteiger partial charge in [0.1, 0.15) is 0 Å². The molecule has 0 amide bonds. The van der Waals surface area contributed by atoms with Crippen LogP contribution in [0.1, 0.15) is 36.7 Å². The molecule has 1 N–H and O–H groups in total. The van der Waals surface area contributed by atoms with E-state index in [0.29, 0.717) is 0 Å². The van der Waals surface area contributed by atoms with Crippen molar-refractivity contribution in [2.45, 2.75) is 39.2 Å². The van der Waals surface area contributed by atoms with E-state index < -0.39 is 11.7 Å². The van der Waals surface area contributed by atoms with Gasteiger partial charge in [-0.05, 0) is 31.5 Å². The first-order valence-electron chi connectivity index (χ1n) is 6.83. The molecule has 1 heterocycles. The molecule has 0 fully saturated rings. The predicted molar refractivity (Wildman–Crippen MR) is 74.6 cm³/mol. The Kier molecular flexibility index (Phi) is 4.67. The zero-order chi connectivity index (χ0) is 15.5. The van der Waals surface area contributed by atoms with Gasteiger partial charge in [0.25, 0.3) is 0 Å². The number of rotatable bonds is 5. The highest BCUT2D eigenvalue weighted by atomic mass is 19.4. The standard InChI is InChI=1S/C15H18F3N3/c1-3-21-9-8-14(20-21)11(2)19-10-12-6-4-5-7-13(12)15(16,17)18/h4-9,11,19H,3,10H2,1-2H3. The lowest BCUT2D eigenvalue weighted by atomic mass is 10.1. The van der Waals surface area contributed by atoms with E-state index in [1.54, 1.807) is 10.7 Å². The molecule has 1 aromatic carbocycles. The molecular weight excluding hydrogens is 279 g/mol. The number of hydrogen-bond acceptors (Lipinski definition) is 2. The molecule has 0 bridgehead atoms. The summed E-state index contributed by atoms with van der Waals surface area (Å²) in [5.41, 5.74) is 0.469. The second kappa shape index (κ2) is 6.30. The summed E-state index contributed by atoms with van der Waals surface area (Å²) in [6.45, 7) is 4.78. The maximum atomic E-state index is 12.9. The molecule has 6 heteroatoms. The van der Waals surface area contributed by atoms with Crippen LogP contribution in [0.4, 0.5) is 13.2 Å². The number of nitrogens with zero attached hydrogens (tertiary/aromatic N) is 2. The molecule has 21 heavy (non-hydrogen) atoms. The maximum Gasteiger partial charge on any atom is 0.416 e. The number of aryl methyl sites for hydroxylation is 1. The fourth-order valence-electron chi connectivity index (χ4n) is 2.10. The summed E-state index contributed by atoms with van der Waals surface area (Å²) in [5.74, 6) is 0. The van der Waals surface area contributed by atoms with E-state index in [2.05, 4.69) is 10.4 Å². The number of hydrogen-bond donors (Lipinski definition) is 1. The summed E-state index contributed by atoms with van der Waals surface area (Å²) in [5, 5.41) is 7.43. The van der Waals surface area contributed by atoms with E-state index in [0.717, 1.165) is 18.3 Å². The highest BCUT2D eigenvalue weighted by molar-refractivity contribution is 5.29. The van der Waals surface area contributed by atoms with Gasteiger partial charge in [-0.2, -0.15) is 18.3 Å². The van der Waals surface area contributed by atoms with Crippen molar-refractivity contribution in [3.05, 3.63) is 53.3 Å². The van der Waals surface area contributed by atoms with Crippen LogP contribution in [0.2, 0.25) is 0 Å². The van der Waals surface area contributed by atoms with Crippen LogP contribution in [0.15, 0.2) is 36.5 Å². The average molecular weight is 297 g/mol. The van der Waals surface area contributed by atoms with Crippen molar-refractivity contribution < 1.29 is 13.2 Å². The number of alkyl halides is 3. The van der Waals surface area contributed by atoms with Gasteiger partial charge in [-0.15, -0.1) is 0 Å². The van der Waals surface area contributed by atoms with Gasteiger partial charge in [0, 0.05) is 25.3 Å². The van der Waals surface area contributed by atoms with Crippen molar-refractivity contribution in [3.63, 3.8) is 0 Å². The van der Waals surface area contributed by atoms with Crippen molar-refractivity contribution in [2.75, 3.05) is 0 Å². The van der Waals surface area contributed by atoms with Gasteiger partial charge < -0.3 is 5.32 Å². The summed E-state index contributed by atoms with van der Waals surface area (Å²) in [4.78, 5) is 0. The first kappa shape index (κ1) is 15.6. The van der Waals surface area contributed by atoms with Crippen LogP contribution in [0.5, 0.6) is 0 Å². The Morgan fingerprint density at radius 3 is 2.57 bits per heavy atom. The lowest BCUT2D eigenvalue weighted by Crippen LogP contribution is -2.21. The van der Waals surface area contributed by atoms with Gasteiger partial charge in [-0.3, -0.25) is 4.68 Å². The monoisotopic (exact) mass is 297 g/mol. The molecule has 1 unspecified atom stereocenters. The van der Waals surface area contributed by atoms with Gasteiger partial charge in [-0.25, -0.2) is 0 Å². The Labute approximate surface area is 121 Å².